The molecule has 19 heavy (non-hydrogen) atoms. The molecule has 1 unspecified atom stereocenters. The molecule has 1 heterocycles. The number of carbonyl (C=O) groups is 1. The predicted molar refractivity (Wildman–Crippen MR) is 76.8 cm³/mol. The lowest BCUT2D eigenvalue weighted by Gasteiger charge is -2.35. The molecule has 0 bridgehead atoms. The summed E-state index contributed by atoms with van der Waals surface area (Å²) in [6.45, 7) is 6.00. The normalized spacial score (nSPS) is 26.8. The van der Waals surface area contributed by atoms with Crippen LogP contribution in [-0.2, 0) is 11.3 Å². The van der Waals surface area contributed by atoms with Crippen molar-refractivity contribution in [2.75, 3.05) is 6.54 Å². The van der Waals surface area contributed by atoms with Crippen molar-refractivity contribution in [1.82, 2.24) is 4.90 Å². The van der Waals surface area contributed by atoms with Crippen molar-refractivity contribution in [2.45, 2.75) is 45.2 Å². The third kappa shape index (κ3) is 2.59. The summed E-state index contributed by atoms with van der Waals surface area (Å²) in [7, 11) is 0. The molecule has 0 amide bonds. The molecular formula is C17H23NO. The molecule has 0 N–H and O–H groups in total. The maximum absolute atomic E-state index is 12.3. The number of nitrogens with zero attached hydrogens (tertiary/aromatic N) is 1. The third-order valence-corrected chi connectivity index (χ3v) is 4.89. The van der Waals surface area contributed by atoms with Crippen molar-refractivity contribution < 1.29 is 4.79 Å². The van der Waals surface area contributed by atoms with E-state index in [1.165, 1.54) is 18.4 Å². The highest BCUT2D eigenvalue weighted by atomic mass is 16.1. The number of rotatable bonds is 4. The molecule has 1 saturated carbocycles. The van der Waals surface area contributed by atoms with Gasteiger partial charge in [0, 0.05) is 18.0 Å². The van der Waals surface area contributed by atoms with Gasteiger partial charge in [-0.1, -0.05) is 43.2 Å². The lowest BCUT2D eigenvalue weighted by molar-refractivity contribution is -0.120. The van der Waals surface area contributed by atoms with Gasteiger partial charge in [0.1, 0.15) is 0 Å². The summed E-state index contributed by atoms with van der Waals surface area (Å²) in [5.41, 5.74) is 1.31. The number of carbonyl (C=O) groups excluding carboxylic acids is 1. The summed E-state index contributed by atoms with van der Waals surface area (Å²) in [5.74, 6) is 1.52. The van der Waals surface area contributed by atoms with E-state index in [1.54, 1.807) is 0 Å². The second kappa shape index (κ2) is 4.75. The summed E-state index contributed by atoms with van der Waals surface area (Å²) < 4.78 is 0. The van der Waals surface area contributed by atoms with Gasteiger partial charge in [-0.3, -0.25) is 9.69 Å². The first kappa shape index (κ1) is 12.9. The smallest absolute Gasteiger partial charge is 0.151 e. The van der Waals surface area contributed by atoms with E-state index in [9.17, 15) is 4.79 Å². The van der Waals surface area contributed by atoms with Crippen molar-refractivity contribution in [1.29, 1.82) is 0 Å². The summed E-state index contributed by atoms with van der Waals surface area (Å²) in [6.07, 6.45) is 3.77. The second-order valence-corrected chi connectivity index (χ2v) is 6.69. The minimum Gasteiger partial charge on any atom is -0.298 e. The molecule has 2 nitrogen and oxygen atoms in total. The van der Waals surface area contributed by atoms with Crippen LogP contribution in [0.5, 0.6) is 0 Å². The fourth-order valence-electron chi connectivity index (χ4n) is 3.29. The van der Waals surface area contributed by atoms with Crippen LogP contribution in [0, 0.1) is 11.8 Å². The molecule has 0 radical (unpaired) electrons. The standard InChI is InChI=1S/C17H23NO/c1-17(2)15(10-13-8-9-13)16(19)12-18(17)11-14-6-4-3-5-7-14/h3-7,13,15H,8-12H2,1-2H3. The van der Waals surface area contributed by atoms with Gasteiger partial charge >= 0.3 is 0 Å². The van der Waals surface area contributed by atoms with Crippen molar-refractivity contribution in [2.24, 2.45) is 11.8 Å². The summed E-state index contributed by atoms with van der Waals surface area (Å²) in [6, 6.07) is 10.5. The van der Waals surface area contributed by atoms with E-state index in [0.717, 1.165) is 18.9 Å². The van der Waals surface area contributed by atoms with Gasteiger partial charge in [0.2, 0.25) is 0 Å². The van der Waals surface area contributed by atoms with Gasteiger partial charge in [-0.05, 0) is 31.7 Å². The van der Waals surface area contributed by atoms with Crippen LogP contribution >= 0.6 is 0 Å². The molecule has 2 fully saturated rings. The zero-order chi connectivity index (χ0) is 13.5. The third-order valence-electron chi connectivity index (χ3n) is 4.89. The first-order chi connectivity index (χ1) is 9.07. The highest BCUT2D eigenvalue weighted by Gasteiger charge is 2.48. The Kier molecular flexibility index (Phi) is 3.22. The first-order valence-corrected chi connectivity index (χ1v) is 7.39. The van der Waals surface area contributed by atoms with E-state index in [2.05, 4.69) is 43.0 Å². The molecule has 2 aliphatic rings. The lowest BCUT2D eigenvalue weighted by Crippen LogP contribution is -2.42. The van der Waals surface area contributed by atoms with Crippen molar-refractivity contribution in [3.8, 4) is 0 Å². The van der Waals surface area contributed by atoms with Crippen LogP contribution in [0.25, 0.3) is 0 Å². The average Bonchev–Trinajstić information content (AvgIpc) is 3.16. The Bertz CT molecular complexity index is 461. The lowest BCUT2D eigenvalue weighted by atomic mass is 9.83. The highest BCUT2D eigenvalue weighted by molar-refractivity contribution is 5.86. The van der Waals surface area contributed by atoms with Crippen LogP contribution in [0.15, 0.2) is 30.3 Å². The number of hydrogen-bond donors (Lipinski definition) is 0. The van der Waals surface area contributed by atoms with E-state index in [1.807, 2.05) is 6.07 Å². The largest absolute Gasteiger partial charge is 0.298 e. The zero-order valence-corrected chi connectivity index (χ0v) is 11.9. The van der Waals surface area contributed by atoms with Crippen LogP contribution in [0.3, 0.4) is 0 Å². The molecule has 1 aliphatic carbocycles. The van der Waals surface area contributed by atoms with Gasteiger partial charge in [-0.2, -0.15) is 0 Å². The molecule has 1 aromatic rings. The van der Waals surface area contributed by atoms with Gasteiger partial charge in [0.15, 0.2) is 5.78 Å². The zero-order valence-electron chi connectivity index (χ0n) is 11.9. The van der Waals surface area contributed by atoms with E-state index < -0.39 is 0 Å². The Morgan fingerprint density at radius 1 is 1.21 bits per heavy atom. The number of benzene rings is 1. The van der Waals surface area contributed by atoms with Crippen LogP contribution in [0.2, 0.25) is 0 Å². The average molecular weight is 257 g/mol. The molecule has 1 saturated heterocycles. The summed E-state index contributed by atoms with van der Waals surface area (Å²) in [5, 5.41) is 0. The van der Waals surface area contributed by atoms with Gasteiger partial charge in [-0.25, -0.2) is 0 Å². The molecule has 0 spiro atoms. The highest BCUT2D eigenvalue weighted by Crippen LogP contribution is 2.43. The molecule has 2 heteroatoms. The molecule has 3 rings (SSSR count). The van der Waals surface area contributed by atoms with Gasteiger partial charge < -0.3 is 0 Å². The number of Topliss-reactive ketones (excluding diaryl/α,β-unsaturated/α-hetero) is 1. The molecular weight excluding hydrogens is 234 g/mol. The first-order valence-electron chi connectivity index (χ1n) is 7.39. The summed E-state index contributed by atoms with van der Waals surface area (Å²) in [4.78, 5) is 14.7. The predicted octanol–water partition coefficient (Wildman–Crippen LogP) is 3.27. The maximum atomic E-state index is 12.3. The molecule has 1 atom stereocenters. The van der Waals surface area contributed by atoms with Crippen molar-refractivity contribution in [3.63, 3.8) is 0 Å². The van der Waals surface area contributed by atoms with Gasteiger partial charge in [0.05, 0.1) is 6.54 Å². The Labute approximate surface area is 115 Å². The minimum atomic E-state index is 0.00944. The SMILES string of the molecule is CC1(C)C(CC2CC2)C(=O)CN1Cc1ccccc1. The fourth-order valence-corrected chi connectivity index (χ4v) is 3.29. The van der Waals surface area contributed by atoms with E-state index in [4.69, 9.17) is 0 Å². The Morgan fingerprint density at radius 2 is 1.89 bits per heavy atom. The molecule has 102 valence electrons. The molecule has 1 aliphatic heterocycles. The fraction of sp³-hybridized carbons (Fsp3) is 0.588. The Morgan fingerprint density at radius 3 is 2.53 bits per heavy atom. The Balaban J connectivity index is 1.73. The molecule has 1 aromatic carbocycles. The van der Waals surface area contributed by atoms with Crippen LogP contribution in [-0.4, -0.2) is 22.8 Å². The minimum absolute atomic E-state index is 0.00944. The van der Waals surface area contributed by atoms with Gasteiger partial charge in [0.25, 0.3) is 0 Å². The second-order valence-electron chi connectivity index (χ2n) is 6.69. The quantitative estimate of drug-likeness (QED) is 0.825. The van der Waals surface area contributed by atoms with Crippen LogP contribution in [0.4, 0.5) is 0 Å². The van der Waals surface area contributed by atoms with Crippen LogP contribution < -0.4 is 0 Å². The number of ketones is 1. The Hall–Kier alpha value is -1.15. The van der Waals surface area contributed by atoms with E-state index in [-0.39, 0.29) is 11.5 Å². The van der Waals surface area contributed by atoms with Crippen LogP contribution in [0.1, 0.15) is 38.7 Å². The molecule has 0 aromatic heterocycles. The van der Waals surface area contributed by atoms with E-state index in [0.29, 0.717) is 12.3 Å². The number of likely N-dealkylation sites (tertiary alicyclic amines) is 1. The van der Waals surface area contributed by atoms with Crippen molar-refractivity contribution >= 4 is 5.78 Å². The topological polar surface area (TPSA) is 20.3 Å². The van der Waals surface area contributed by atoms with Crippen molar-refractivity contribution in [3.05, 3.63) is 35.9 Å². The number of hydrogen-bond acceptors (Lipinski definition) is 2. The van der Waals surface area contributed by atoms with Gasteiger partial charge in [-0.15, -0.1) is 0 Å². The maximum Gasteiger partial charge on any atom is 0.151 e. The summed E-state index contributed by atoms with van der Waals surface area (Å²) >= 11 is 0. The monoisotopic (exact) mass is 257 g/mol. The van der Waals surface area contributed by atoms with E-state index >= 15 is 0 Å².